The number of aromatic nitrogens is 1. The van der Waals surface area contributed by atoms with E-state index in [1.807, 2.05) is 24.3 Å². The minimum absolute atomic E-state index is 0.0436. The first-order valence-electron chi connectivity index (χ1n) is 18.1. The standard InChI is InChI=1S/C41H51ClN4O7S/c1-5-39(48)45-17-16-43-25-32-22-36(42)38(23-37(32)51-28-30-21-34(26-44-24-30)54(4,49)50)52-29-41(53-20-10-18-46-19-14-33(47)27-46)15-9-13-35(40(41,2)3)31-11-7-6-8-12-31/h5-9,11-13,15,21-24,26,33,43,47H,1,10,14,16-20,25,27-29H2,2-4H3,(H,45,48)/t33?,41-/m0/s1. The molecule has 1 aromatic heterocycles. The van der Waals surface area contributed by atoms with E-state index in [2.05, 4.69) is 65.2 Å². The summed E-state index contributed by atoms with van der Waals surface area (Å²) in [6.45, 7) is 12.1. The van der Waals surface area contributed by atoms with Gasteiger partial charge in [0.05, 0.1) is 16.0 Å². The van der Waals surface area contributed by atoms with Gasteiger partial charge in [-0.2, -0.15) is 0 Å². The van der Waals surface area contributed by atoms with Crippen molar-refractivity contribution in [2.45, 2.75) is 56.4 Å². The number of rotatable bonds is 19. The summed E-state index contributed by atoms with van der Waals surface area (Å²) >= 11 is 6.91. The van der Waals surface area contributed by atoms with Gasteiger partial charge in [-0.1, -0.05) is 74.5 Å². The molecule has 1 amide bonds. The van der Waals surface area contributed by atoms with Crippen LogP contribution in [0.25, 0.3) is 5.57 Å². The van der Waals surface area contributed by atoms with E-state index < -0.39 is 20.9 Å². The molecule has 0 bridgehead atoms. The predicted octanol–water partition coefficient (Wildman–Crippen LogP) is 5.38. The molecule has 1 aliphatic carbocycles. The van der Waals surface area contributed by atoms with Crippen LogP contribution in [0, 0.1) is 5.41 Å². The SMILES string of the molecule is C=CC(=O)NCCNCc1cc(Cl)c(OC[C@@]2(OCCCN3CCC(O)C3)C=CC=C(c3ccccc3)C2(C)C)cc1OCc1cncc(S(C)(=O)=O)c1. The number of aliphatic hydroxyl groups is 1. The van der Waals surface area contributed by atoms with Crippen LogP contribution < -0.4 is 20.1 Å². The second-order valence-electron chi connectivity index (χ2n) is 14.2. The summed E-state index contributed by atoms with van der Waals surface area (Å²) in [5, 5.41) is 16.4. The maximum absolute atomic E-state index is 12.2. The lowest BCUT2D eigenvalue weighted by molar-refractivity contribution is -0.116. The van der Waals surface area contributed by atoms with E-state index in [9.17, 15) is 18.3 Å². The van der Waals surface area contributed by atoms with Crippen LogP contribution >= 0.6 is 11.6 Å². The number of hydrogen-bond acceptors (Lipinski definition) is 10. The van der Waals surface area contributed by atoms with Crippen molar-refractivity contribution < 1.29 is 32.5 Å². The number of sulfone groups is 1. The topological polar surface area (TPSA) is 139 Å². The third kappa shape index (κ3) is 10.6. The van der Waals surface area contributed by atoms with Crippen molar-refractivity contribution in [2.75, 3.05) is 52.2 Å². The van der Waals surface area contributed by atoms with Crippen LogP contribution in [0.2, 0.25) is 5.02 Å². The first kappa shape index (κ1) is 41.1. The van der Waals surface area contributed by atoms with Crippen molar-refractivity contribution in [1.82, 2.24) is 20.5 Å². The van der Waals surface area contributed by atoms with Crippen molar-refractivity contribution >= 4 is 32.9 Å². The summed E-state index contributed by atoms with van der Waals surface area (Å²) in [6.07, 6.45) is 12.7. The number of carbonyl (C=O) groups excluding carboxylic acids is 1. The van der Waals surface area contributed by atoms with Crippen LogP contribution in [0.3, 0.4) is 0 Å². The molecule has 1 fully saturated rings. The van der Waals surface area contributed by atoms with E-state index in [1.165, 1.54) is 18.3 Å². The van der Waals surface area contributed by atoms with Crippen molar-refractivity contribution in [3.05, 3.63) is 114 Å². The van der Waals surface area contributed by atoms with Crippen LogP contribution in [0.15, 0.2) is 96.7 Å². The molecule has 2 aliphatic rings. The monoisotopic (exact) mass is 778 g/mol. The summed E-state index contributed by atoms with van der Waals surface area (Å²) in [5.41, 5.74) is 2.11. The van der Waals surface area contributed by atoms with E-state index in [0.717, 1.165) is 48.9 Å². The minimum atomic E-state index is -3.46. The number of amides is 1. The normalized spacial score (nSPS) is 19.6. The highest BCUT2D eigenvalue weighted by Gasteiger charge is 2.49. The Morgan fingerprint density at radius 3 is 2.65 bits per heavy atom. The molecular formula is C41H51ClN4O7S. The van der Waals surface area contributed by atoms with Crippen molar-refractivity contribution in [3.63, 3.8) is 0 Å². The molecule has 0 saturated carbocycles. The van der Waals surface area contributed by atoms with Crippen LogP contribution in [-0.2, 0) is 32.5 Å². The summed E-state index contributed by atoms with van der Waals surface area (Å²) in [6, 6.07) is 15.3. The van der Waals surface area contributed by atoms with E-state index in [0.29, 0.717) is 54.9 Å². The Balaban J connectivity index is 1.39. The van der Waals surface area contributed by atoms with Gasteiger partial charge >= 0.3 is 0 Å². The zero-order chi connectivity index (χ0) is 38.8. The number of halogens is 1. The Morgan fingerprint density at radius 1 is 1.13 bits per heavy atom. The number of pyridine rings is 1. The number of β-amino-alcohol motifs (C(OH)–C–C–N with tert-alkyl or cyclic N) is 1. The molecular weight excluding hydrogens is 728 g/mol. The van der Waals surface area contributed by atoms with Crippen molar-refractivity contribution in [3.8, 4) is 11.5 Å². The van der Waals surface area contributed by atoms with Gasteiger partial charge in [-0.3, -0.25) is 9.78 Å². The van der Waals surface area contributed by atoms with Gasteiger partial charge in [0.2, 0.25) is 5.91 Å². The van der Waals surface area contributed by atoms with Crippen LogP contribution in [0.5, 0.6) is 11.5 Å². The highest BCUT2D eigenvalue weighted by atomic mass is 35.5. The molecule has 2 heterocycles. The average Bonchev–Trinajstić information content (AvgIpc) is 3.57. The smallest absolute Gasteiger partial charge is 0.243 e. The molecule has 290 valence electrons. The van der Waals surface area contributed by atoms with Crippen molar-refractivity contribution in [1.29, 1.82) is 0 Å². The molecule has 2 aromatic carbocycles. The Morgan fingerprint density at radius 2 is 1.93 bits per heavy atom. The van der Waals surface area contributed by atoms with Gasteiger partial charge in [0.25, 0.3) is 0 Å². The lowest BCUT2D eigenvalue weighted by Crippen LogP contribution is -2.52. The van der Waals surface area contributed by atoms with Crippen LogP contribution in [0.1, 0.15) is 43.4 Å². The highest BCUT2D eigenvalue weighted by molar-refractivity contribution is 7.90. The molecule has 1 unspecified atom stereocenters. The molecule has 3 N–H and O–H groups in total. The summed E-state index contributed by atoms with van der Waals surface area (Å²) in [5.74, 6) is 0.615. The number of aliphatic hydroxyl groups excluding tert-OH is 1. The fourth-order valence-electron chi connectivity index (χ4n) is 6.70. The summed E-state index contributed by atoms with van der Waals surface area (Å²) in [4.78, 5) is 18.0. The second-order valence-corrected chi connectivity index (χ2v) is 16.6. The maximum Gasteiger partial charge on any atom is 0.243 e. The van der Waals surface area contributed by atoms with E-state index in [-0.39, 0.29) is 30.1 Å². The molecule has 54 heavy (non-hydrogen) atoms. The third-order valence-corrected chi connectivity index (χ3v) is 11.3. The molecule has 13 heteroatoms. The molecule has 2 atom stereocenters. The third-order valence-electron chi connectivity index (χ3n) is 9.92. The number of likely N-dealkylation sites (tertiary alicyclic amines) is 1. The van der Waals surface area contributed by atoms with Crippen molar-refractivity contribution in [2.24, 2.45) is 5.41 Å². The summed E-state index contributed by atoms with van der Waals surface area (Å²) in [7, 11) is -3.46. The number of ether oxygens (including phenoxy) is 3. The van der Waals surface area contributed by atoms with E-state index >= 15 is 0 Å². The fraction of sp³-hybridized carbons (Fsp3) is 0.415. The molecule has 1 aliphatic heterocycles. The Hall–Kier alpha value is -4.04. The van der Waals surface area contributed by atoms with Gasteiger partial charge in [0.15, 0.2) is 9.84 Å². The number of nitrogens with zero attached hydrogens (tertiary/aromatic N) is 2. The number of nitrogens with one attached hydrogen (secondary N) is 2. The molecule has 0 radical (unpaired) electrons. The Labute approximate surface area is 324 Å². The first-order valence-corrected chi connectivity index (χ1v) is 20.4. The number of hydrogen-bond donors (Lipinski definition) is 3. The van der Waals surface area contributed by atoms with Gasteiger partial charge in [0, 0.05) is 87.1 Å². The Bertz CT molecular complexity index is 1940. The minimum Gasteiger partial charge on any atom is -0.488 e. The molecule has 0 spiro atoms. The maximum atomic E-state index is 12.2. The molecule has 11 nitrogen and oxygen atoms in total. The van der Waals surface area contributed by atoms with Crippen LogP contribution in [0.4, 0.5) is 0 Å². The number of allylic oxidation sites excluding steroid dienone is 2. The summed E-state index contributed by atoms with van der Waals surface area (Å²) < 4.78 is 44.1. The Kier molecular flexibility index (Phi) is 14.1. The largest absolute Gasteiger partial charge is 0.488 e. The van der Waals surface area contributed by atoms with Gasteiger partial charge in [-0.15, -0.1) is 0 Å². The second kappa shape index (κ2) is 18.5. The quantitative estimate of drug-likeness (QED) is 0.107. The van der Waals surface area contributed by atoms with Gasteiger partial charge in [0.1, 0.15) is 30.3 Å². The zero-order valence-corrected chi connectivity index (χ0v) is 32.8. The number of carbonyl (C=O) groups is 1. The lowest BCUT2D eigenvalue weighted by atomic mass is 9.65. The van der Waals surface area contributed by atoms with Gasteiger partial charge in [-0.25, -0.2) is 8.42 Å². The number of benzene rings is 2. The lowest BCUT2D eigenvalue weighted by Gasteiger charge is -2.47. The highest BCUT2D eigenvalue weighted by Crippen LogP contribution is 2.49. The average molecular weight is 779 g/mol. The van der Waals surface area contributed by atoms with E-state index in [1.54, 1.807) is 18.3 Å². The molecule has 1 saturated heterocycles. The fourth-order valence-corrected chi connectivity index (χ4v) is 7.55. The van der Waals surface area contributed by atoms with Gasteiger partial charge < -0.3 is 34.9 Å². The van der Waals surface area contributed by atoms with Gasteiger partial charge in [-0.05, 0) is 48.3 Å². The zero-order valence-electron chi connectivity index (χ0n) is 31.2. The molecule has 5 rings (SSSR count). The van der Waals surface area contributed by atoms with E-state index in [4.69, 9.17) is 25.8 Å². The predicted molar refractivity (Wildman–Crippen MR) is 211 cm³/mol. The van der Waals surface area contributed by atoms with Crippen LogP contribution in [-0.4, -0.2) is 93.2 Å². The molecule has 3 aromatic rings. The first-order chi connectivity index (χ1) is 25.8.